The number of hydrogen-bond donors (Lipinski definition) is 2. The molecule has 1 aromatic heterocycles. The summed E-state index contributed by atoms with van der Waals surface area (Å²) in [7, 11) is 0. The molecule has 0 saturated heterocycles. The number of carbonyl (C=O) groups is 2. The molecular weight excluding hydrogens is 402 g/mol. The summed E-state index contributed by atoms with van der Waals surface area (Å²) < 4.78 is 27.3. The topological polar surface area (TPSA) is 74.3 Å². The largest absolute Gasteiger partial charge is 0.351 e. The van der Waals surface area contributed by atoms with Crippen molar-refractivity contribution >= 4 is 23.2 Å². The third-order valence-electron chi connectivity index (χ3n) is 4.93. The molecule has 0 fully saturated rings. The van der Waals surface area contributed by atoms with E-state index < -0.39 is 17.7 Å². The van der Waals surface area contributed by atoms with E-state index in [2.05, 4.69) is 15.6 Å². The number of nitrogens with one attached hydrogen (secondary N) is 2. The molecule has 1 aliphatic heterocycles. The smallest absolute Gasteiger partial charge is 0.243 e. The molecule has 0 aliphatic carbocycles. The lowest BCUT2D eigenvalue weighted by Crippen LogP contribution is -2.45. The van der Waals surface area contributed by atoms with E-state index in [0.29, 0.717) is 16.9 Å². The molecule has 0 saturated carbocycles. The van der Waals surface area contributed by atoms with E-state index in [0.717, 1.165) is 11.8 Å². The van der Waals surface area contributed by atoms with Gasteiger partial charge in [0.2, 0.25) is 11.8 Å². The molecule has 1 atom stereocenters. The molecular formula is C23H20F2N4O2. The fourth-order valence-corrected chi connectivity index (χ4v) is 3.63. The van der Waals surface area contributed by atoms with Crippen molar-refractivity contribution in [3.8, 4) is 0 Å². The normalized spacial score (nSPS) is 13.9. The van der Waals surface area contributed by atoms with Crippen molar-refractivity contribution in [2.45, 2.75) is 12.5 Å². The fourth-order valence-electron chi connectivity index (χ4n) is 3.63. The van der Waals surface area contributed by atoms with Crippen molar-refractivity contribution in [3.05, 3.63) is 89.8 Å². The van der Waals surface area contributed by atoms with Crippen molar-refractivity contribution in [2.75, 3.05) is 23.3 Å². The first kappa shape index (κ1) is 20.5. The Morgan fingerprint density at radius 1 is 1.10 bits per heavy atom. The SMILES string of the molecule is O=C1CN(CC(=O)NC(Cc2cc(F)cc(F)c2)c2ccccn2)c2ccccc2N1. The van der Waals surface area contributed by atoms with E-state index in [4.69, 9.17) is 0 Å². The molecule has 3 aromatic rings. The van der Waals surface area contributed by atoms with Gasteiger partial charge in [-0.3, -0.25) is 14.6 Å². The van der Waals surface area contributed by atoms with Gasteiger partial charge < -0.3 is 15.5 Å². The third kappa shape index (κ3) is 5.03. The first-order valence-corrected chi connectivity index (χ1v) is 9.77. The van der Waals surface area contributed by atoms with E-state index in [1.807, 2.05) is 12.1 Å². The maximum absolute atomic E-state index is 13.6. The Hall–Kier alpha value is -3.81. The molecule has 2 aromatic carbocycles. The van der Waals surface area contributed by atoms with Gasteiger partial charge in [0.05, 0.1) is 36.2 Å². The Kier molecular flexibility index (Phi) is 5.88. The van der Waals surface area contributed by atoms with Crippen LogP contribution in [-0.2, 0) is 16.0 Å². The van der Waals surface area contributed by atoms with Gasteiger partial charge in [0.25, 0.3) is 0 Å². The van der Waals surface area contributed by atoms with Gasteiger partial charge in [-0.1, -0.05) is 18.2 Å². The molecule has 4 rings (SSSR count). The molecule has 2 N–H and O–H groups in total. The van der Waals surface area contributed by atoms with E-state index in [9.17, 15) is 18.4 Å². The number of aromatic nitrogens is 1. The van der Waals surface area contributed by atoms with Gasteiger partial charge in [0, 0.05) is 12.3 Å². The number of para-hydroxylation sites is 2. The number of halogens is 2. The maximum Gasteiger partial charge on any atom is 0.243 e. The van der Waals surface area contributed by atoms with Crippen LogP contribution in [0.4, 0.5) is 20.2 Å². The summed E-state index contributed by atoms with van der Waals surface area (Å²) in [5, 5.41) is 5.67. The Labute approximate surface area is 177 Å². The monoisotopic (exact) mass is 422 g/mol. The summed E-state index contributed by atoms with van der Waals surface area (Å²) in [6.45, 7) is -0.000919. The summed E-state index contributed by atoms with van der Waals surface area (Å²) in [4.78, 5) is 30.8. The predicted molar refractivity (Wildman–Crippen MR) is 112 cm³/mol. The van der Waals surface area contributed by atoms with Gasteiger partial charge in [0.15, 0.2) is 0 Å². The van der Waals surface area contributed by atoms with Crippen LogP contribution in [0.15, 0.2) is 66.9 Å². The average Bonchev–Trinajstić information content (AvgIpc) is 2.73. The Balaban J connectivity index is 1.53. The molecule has 2 amide bonds. The van der Waals surface area contributed by atoms with Crippen molar-refractivity contribution < 1.29 is 18.4 Å². The molecule has 0 bridgehead atoms. The quantitative estimate of drug-likeness (QED) is 0.640. The minimum absolute atomic E-state index is 0.0494. The van der Waals surface area contributed by atoms with Crippen LogP contribution in [-0.4, -0.2) is 29.9 Å². The van der Waals surface area contributed by atoms with Crippen LogP contribution in [0.2, 0.25) is 0 Å². The second-order valence-corrected chi connectivity index (χ2v) is 7.28. The van der Waals surface area contributed by atoms with Gasteiger partial charge in [-0.15, -0.1) is 0 Å². The molecule has 0 radical (unpaired) electrons. The van der Waals surface area contributed by atoms with Crippen molar-refractivity contribution in [1.82, 2.24) is 10.3 Å². The fraction of sp³-hybridized carbons (Fsp3) is 0.174. The lowest BCUT2D eigenvalue weighted by molar-refractivity contribution is -0.120. The number of fused-ring (bicyclic) bond motifs is 1. The van der Waals surface area contributed by atoms with Crippen LogP contribution in [0.25, 0.3) is 0 Å². The van der Waals surface area contributed by atoms with Crippen LogP contribution >= 0.6 is 0 Å². The van der Waals surface area contributed by atoms with Gasteiger partial charge >= 0.3 is 0 Å². The molecule has 1 unspecified atom stereocenters. The number of anilines is 2. The summed E-state index contributed by atoms with van der Waals surface area (Å²) in [6, 6.07) is 15.2. The van der Waals surface area contributed by atoms with E-state index in [-0.39, 0.29) is 31.3 Å². The standard InChI is InChI=1S/C23H20F2N4O2/c24-16-9-15(10-17(25)12-16)11-20(18-5-3-4-8-26-18)28-23(31)14-29-13-22(30)27-19-6-1-2-7-21(19)29/h1-10,12,20H,11,13-14H2,(H,27,30)(H,28,31). The van der Waals surface area contributed by atoms with Crippen LogP contribution < -0.4 is 15.5 Å². The van der Waals surface area contributed by atoms with Crippen molar-refractivity contribution in [3.63, 3.8) is 0 Å². The van der Waals surface area contributed by atoms with E-state index in [1.165, 1.54) is 12.1 Å². The molecule has 8 heteroatoms. The summed E-state index contributed by atoms with van der Waals surface area (Å²) in [5.41, 5.74) is 2.36. The van der Waals surface area contributed by atoms with Gasteiger partial charge in [-0.25, -0.2) is 8.78 Å². The molecule has 1 aliphatic rings. The lowest BCUT2D eigenvalue weighted by Gasteiger charge is -2.30. The highest BCUT2D eigenvalue weighted by Crippen LogP contribution is 2.28. The second kappa shape index (κ2) is 8.91. The summed E-state index contributed by atoms with van der Waals surface area (Å²) in [6.07, 6.45) is 1.75. The van der Waals surface area contributed by atoms with Crippen LogP contribution in [0.5, 0.6) is 0 Å². The van der Waals surface area contributed by atoms with Crippen LogP contribution in [0.1, 0.15) is 17.3 Å². The minimum atomic E-state index is -0.683. The molecule has 158 valence electrons. The summed E-state index contributed by atoms with van der Waals surface area (Å²) in [5.74, 6) is -1.91. The third-order valence-corrected chi connectivity index (χ3v) is 4.93. The van der Waals surface area contributed by atoms with Crippen LogP contribution in [0, 0.1) is 11.6 Å². The maximum atomic E-state index is 13.6. The second-order valence-electron chi connectivity index (χ2n) is 7.28. The van der Waals surface area contributed by atoms with E-state index >= 15 is 0 Å². The number of rotatable bonds is 6. The van der Waals surface area contributed by atoms with E-state index in [1.54, 1.807) is 41.4 Å². The molecule has 0 spiro atoms. The minimum Gasteiger partial charge on any atom is -0.351 e. The van der Waals surface area contributed by atoms with Crippen molar-refractivity contribution in [2.24, 2.45) is 0 Å². The lowest BCUT2D eigenvalue weighted by atomic mass is 10.0. The number of hydrogen-bond acceptors (Lipinski definition) is 4. The Morgan fingerprint density at radius 3 is 2.58 bits per heavy atom. The Morgan fingerprint density at radius 2 is 1.84 bits per heavy atom. The molecule has 2 heterocycles. The van der Waals surface area contributed by atoms with Crippen LogP contribution in [0.3, 0.4) is 0 Å². The number of nitrogens with zero attached hydrogens (tertiary/aromatic N) is 2. The number of pyridine rings is 1. The predicted octanol–water partition coefficient (Wildman–Crippen LogP) is 3.22. The van der Waals surface area contributed by atoms with Gasteiger partial charge in [-0.2, -0.15) is 0 Å². The number of amides is 2. The number of carbonyl (C=O) groups excluding carboxylic acids is 2. The zero-order chi connectivity index (χ0) is 21.8. The molecule has 31 heavy (non-hydrogen) atoms. The average molecular weight is 422 g/mol. The highest BCUT2D eigenvalue weighted by Gasteiger charge is 2.25. The summed E-state index contributed by atoms with van der Waals surface area (Å²) >= 11 is 0. The Bertz CT molecular complexity index is 1090. The highest BCUT2D eigenvalue weighted by molar-refractivity contribution is 6.02. The first-order chi connectivity index (χ1) is 15.0. The van der Waals surface area contributed by atoms with Gasteiger partial charge in [0.1, 0.15) is 11.6 Å². The number of benzene rings is 2. The van der Waals surface area contributed by atoms with Crippen molar-refractivity contribution in [1.29, 1.82) is 0 Å². The van der Waals surface area contributed by atoms with Gasteiger partial charge in [-0.05, 0) is 48.4 Å². The zero-order valence-electron chi connectivity index (χ0n) is 16.5. The highest BCUT2D eigenvalue weighted by atomic mass is 19.1. The zero-order valence-corrected chi connectivity index (χ0v) is 16.5. The molecule has 6 nitrogen and oxygen atoms in total. The first-order valence-electron chi connectivity index (χ1n) is 9.77.